The Kier molecular flexibility index (Phi) is 4.74. The molecule has 1 aromatic carbocycles. The predicted molar refractivity (Wildman–Crippen MR) is 103 cm³/mol. The van der Waals surface area contributed by atoms with Gasteiger partial charge in [-0.15, -0.1) is 0 Å². The maximum absolute atomic E-state index is 9.22. The average Bonchev–Trinajstić information content (AvgIpc) is 2.75. The molecule has 27 heavy (non-hydrogen) atoms. The molecule has 8 heteroatoms. The molecule has 0 radical (unpaired) electrons. The number of rotatable bonds is 4. The highest BCUT2D eigenvalue weighted by atomic mass is 15.3. The largest absolute Gasteiger partial charge is 0.353 e. The molecule has 4 rings (SSSR count). The number of piperazine rings is 1. The van der Waals surface area contributed by atoms with Gasteiger partial charge in [-0.1, -0.05) is 12.1 Å². The van der Waals surface area contributed by atoms with Crippen LogP contribution in [0.25, 0.3) is 0 Å². The number of para-hydroxylation sites is 1. The lowest BCUT2D eigenvalue weighted by Crippen LogP contribution is -2.47. The van der Waals surface area contributed by atoms with Crippen LogP contribution in [0.3, 0.4) is 0 Å². The fourth-order valence-corrected chi connectivity index (χ4v) is 2.99. The van der Waals surface area contributed by atoms with E-state index in [0.29, 0.717) is 17.2 Å². The van der Waals surface area contributed by atoms with Gasteiger partial charge in [0.15, 0.2) is 0 Å². The molecule has 2 aromatic heterocycles. The van der Waals surface area contributed by atoms with E-state index in [1.54, 1.807) is 24.7 Å². The molecule has 3 aromatic rings. The van der Waals surface area contributed by atoms with Crippen LogP contribution in [0.1, 0.15) is 5.56 Å². The lowest BCUT2D eigenvalue weighted by Gasteiger charge is -2.35. The van der Waals surface area contributed by atoms with Gasteiger partial charge in [0.2, 0.25) is 11.9 Å². The van der Waals surface area contributed by atoms with Crippen LogP contribution in [-0.4, -0.2) is 46.1 Å². The Hall–Kier alpha value is -3.73. The highest BCUT2D eigenvalue weighted by molar-refractivity contribution is 5.63. The summed E-state index contributed by atoms with van der Waals surface area (Å²) in [5.74, 6) is 2.09. The second kappa shape index (κ2) is 7.66. The number of aromatic nitrogens is 4. The van der Waals surface area contributed by atoms with Crippen LogP contribution in [0.5, 0.6) is 0 Å². The van der Waals surface area contributed by atoms with Gasteiger partial charge in [0.05, 0.1) is 11.3 Å². The molecule has 1 N–H and O–H groups in total. The minimum absolute atomic E-state index is 0.476. The highest BCUT2D eigenvalue weighted by Crippen LogP contribution is 2.21. The van der Waals surface area contributed by atoms with Gasteiger partial charge < -0.3 is 15.1 Å². The normalized spacial score (nSPS) is 13.9. The van der Waals surface area contributed by atoms with Gasteiger partial charge in [0, 0.05) is 44.8 Å². The molecule has 0 amide bonds. The molecule has 0 saturated carbocycles. The Morgan fingerprint density at radius 3 is 2.37 bits per heavy atom. The molecule has 3 heterocycles. The van der Waals surface area contributed by atoms with Gasteiger partial charge in [-0.25, -0.2) is 15.0 Å². The van der Waals surface area contributed by atoms with E-state index in [0.717, 1.165) is 37.9 Å². The summed E-state index contributed by atoms with van der Waals surface area (Å²) in [5, 5.41) is 12.4. The van der Waals surface area contributed by atoms with Crippen molar-refractivity contribution in [1.82, 2.24) is 19.9 Å². The van der Waals surface area contributed by atoms with Crippen LogP contribution < -0.4 is 15.1 Å². The van der Waals surface area contributed by atoms with Gasteiger partial charge in [-0.05, 0) is 24.3 Å². The molecule has 134 valence electrons. The van der Waals surface area contributed by atoms with Crippen LogP contribution >= 0.6 is 0 Å². The molecule has 8 nitrogen and oxygen atoms in total. The minimum atomic E-state index is 0.476. The lowest BCUT2D eigenvalue weighted by molar-refractivity contribution is 0.634. The van der Waals surface area contributed by atoms with Crippen molar-refractivity contribution in [1.29, 1.82) is 5.26 Å². The van der Waals surface area contributed by atoms with Crippen LogP contribution in [0, 0.1) is 11.3 Å². The summed E-state index contributed by atoms with van der Waals surface area (Å²) in [5.41, 5.74) is 1.26. The second-order valence-corrected chi connectivity index (χ2v) is 6.04. The first-order valence-electron chi connectivity index (χ1n) is 8.69. The van der Waals surface area contributed by atoms with E-state index in [1.165, 1.54) is 0 Å². The van der Waals surface area contributed by atoms with Crippen molar-refractivity contribution in [3.63, 3.8) is 0 Å². The molecule has 1 fully saturated rings. The summed E-state index contributed by atoms with van der Waals surface area (Å²) in [4.78, 5) is 21.9. The molecule has 1 saturated heterocycles. The smallest absolute Gasteiger partial charge is 0.229 e. The van der Waals surface area contributed by atoms with Crippen molar-refractivity contribution in [2.24, 2.45) is 0 Å². The summed E-state index contributed by atoms with van der Waals surface area (Å²) in [6.07, 6.45) is 5.25. The number of nitriles is 1. The zero-order chi connectivity index (χ0) is 18.5. The topological polar surface area (TPSA) is 93.9 Å². The number of anilines is 4. The van der Waals surface area contributed by atoms with E-state index >= 15 is 0 Å². The zero-order valence-electron chi connectivity index (χ0n) is 14.7. The zero-order valence-corrected chi connectivity index (χ0v) is 14.7. The number of nitrogens with one attached hydrogen (secondary N) is 1. The third-order valence-corrected chi connectivity index (χ3v) is 4.37. The standard InChI is InChI=1S/C19H18N8/c20-14-15-4-1-2-5-16(15)24-18-21-9-6-17(25-18)26-10-12-27(13-11-26)19-22-7-3-8-23-19/h1-9H,10-13H2,(H,21,24,25). The molecule has 0 aliphatic carbocycles. The van der Waals surface area contributed by atoms with Crippen LogP contribution in [0.4, 0.5) is 23.4 Å². The first kappa shape index (κ1) is 16.7. The fraction of sp³-hybridized carbons (Fsp3) is 0.211. The van der Waals surface area contributed by atoms with Gasteiger partial charge >= 0.3 is 0 Å². The summed E-state index contributed by atoms with van der Waals surface area (Å²) in [6.45, 7) is 3.30. The average molecular weight is 358 g/mol. The van der Waals surface area contributed by atoms with Crippen molar-refractivity contribution in [2.45, 2.75) is 0 Å². The van der Waals surface area contributed by atoms with E-state index < -0.39 is 0 Å². The van der Waals surface area contributed by atoms with Crippen molar-refractivity contribution >= 4 is 23.4 Å². The third-order valence-electron chi connectivity index (χ3n) is 4.37. The Morgan fingerprint density at radius 2 is 1.59 bits per heavy atom. The van der Waals surface area contributed by atoms with E-state index in [9.17, 15) is 5.26 Å². The molecule has 0 bridgehead atoms. The Bertz CT molecular complexity index is 945. The molecular weight excluding hydrogens is 340 g/mol. The minimum Gasteiger partial charge on any atom is -0.353 e. The summed E-state index contributed by atoms with van der Waals surface area (Å²) < 4.78 is 0. The number of benzene rings is 1. The maximum atomic E-state index is 9.22. The number of hydrogen-bond donors (Lipinski definition) is 1. The molecule has 0 unspecified atom stereocenters. The van der Waals surface area contributed by atoms with Crippen LogP contribution in [0.2, 0.25) is 0 Å². The summed E-state index contributed by atoms with van der Waals surface area (Å²) in [7, 11) is 0. The van der Waals surface area contributed by atoms with Crippen molar-refractivity contribution in [2.75, 3.05) is 41.3 Å². The second-order valence-electron chi connectivity index (χ2n) is 6.04. The fourth-order valence-electron chi connectivity index (χ4n) is 2.99. The Balaban J connectivity index is 1.45. The molecule has 1 aliphatic rings. The van der Waals surface area contributed by atoms with E-state index in [-0.39, 0.29) is 0 Å². The van der Waals surface area contributed by atoms with Crippen molar-refractivity contribution in [3.05, 3.63) is 60.6 Å². The quantitative estimate of drug-likeness (QED) is 0.759. The number of hydrogen-bond acceptors (Lipinski definition) is 8. The monoisotopic (exact) mass is 358 g/mol. The van der Waals surface area contributed by atoms with Gasteiger partial charge in [-0.2, -0.15) is 10.2 Å². The molecule has 0 atom stereocenters. The Morgan fingerprint density at radius 1 is 0.852 bits per heavy atom. The lowest BCUT2D eigenvalue weighted by atomic mass is 10.2. The molecule has 0 spiro atoms. The van der Waals surface area contributed by atoms with Crippen molar-refractivity contribution in [3.8, 4) is 6.07 Å². The predicted octanol–water partition coefficient (Wildman–Crippen LogP) is 2.21. The van der Waals surface area contributed by atoms with E-state index in [4.69, 9.17) is 0 Å². The number of nitrogens with zero attached hydrogens (tertiary/aromatic N) is 7. The first-order chi connectivity index (χ1) is 13.3. The first-order valence-corrected chi connectivity index (χ1v) is 8.69. The Labute approximate surface area is 157 Å². The third kappa shape index (κ3) is 3.77. The summed E-state index contributed by atoms with van der Waals surface area (Å²) >= 11 is 0. The van der Waals surface area contributed by atoms with E-state index in [2.05, 4.69) is 41.1 Å². The highest BCUT2D eigenvalue weighted by Gasteiger charge is 2.20. The molecule has 1 aliphatic heterocycles. The van der Waals surface area contributed by atoms with Gasteiger partial charge in [0.25, 0.3) is 0 Å². The van der Waals surface area contributed by atoms with Crippen molar-refractivity contribution < 1.29 is 0 Å². The maximum Gasteiger partial charge on any atom is 0.229 e. The van der Waals surface area contributed by atoms with Gasteiger partial charge in [-0.3, -0.25) is 0 Å². The SMILES string of the molecule is N#Cc1ccccc1Nc1nccc(N2CCN(c3ncccn3)CC2)n1. The van der Waals surface area contributed by atoms with E-state index in [1.807, 2.05) is 30.3 Å². The summed E-state index contributed by atoms with van der Waals surface area (Å²) in [6, 6.07) is 13.2. The van der Waals surface area contributed by atoms with Crippen LogP contribution in [-0.2, 0) is 0 Å². The van der Waals surface area contributed by atoms with Crippen LogP contribution in [0.15, 0.2) is 55.0 Å². The van der Waals surface area contributed by atoms with Gasteiger partial charge in [0.1, 0.15) is 11.9 Å². The molecular formula is C19H18N8.